The summed E-state index contributed by atoms with van der Waals surface area (Å²) in [6.07, 6.45) is 16.2. The fourth-order valence-corrected chi connectivity index (χ4v) is 11.3. The molecule has 40 heavy (non-hydrogen) atoms. The Morgan fingerprint density at radius 1 is 0.650 bits per heavy atom. The largest absolute Gasteiger partial charge is 0.181 e. The first-order valence-corrected chi connectivity index (χ1v) is 22.1. The van der Waals surface area contributed by atoms with E-state index in [0.29, 0.717) is 5.54 Å². The minimum Gasteiger partial charge on any atom is -0.162 e. The Hall–Kier alpha value is -1.88. The van der Waals surface area contributed by atoms with Gasteiger partial charge < -0.3 is 0 Å². The number of rotatable bonds is 3. The molecule has 0 radical (unpaired) electrons. The van der Waals surface area contributed by atoms with Crippen molar-refractivity contribution in [2.45, 2.75) is 111 Å². The van der Waals surface area contributed by atoms with Gasteiger partial charge in [-0.3, -0.25) is 0 Å². The molecule has 0 nitrogen and oxygen atoms in total. The van der Waals surface area contributed by atoms with Gasteiger partial charge in [0.1, 0.15) is 0 Å². The van der Waals surface area contributed by atoms with Crippen molar-refractivity contribution >= 4 is 49.1 Å². The smallest absolute Gasteiger partial charge is 0.162 e. The molecule has 0 atom stereocenters. The maximum atomic E-state index is 6.73. The summed E-state index contributed by atoms with van der Waals surface area (Å²) >= 11 is 6.73. The summed E-state index contributed by atoms with van der Waals surface area (Å²) in [7, 11) is -3.34. The highest BCUT2D eigenvalue weighted by Crippen LogP contribution is 2.36. The normalized spacial score (nSPS) is 16.9. The van der Waals surface area contributed by atoms with Gasteiger partial charge in [0, 0.05) is 0 Å². The molecule has 5 rings (SSSR count). The van der Waals surface area contributed by atoms with E-state index in [-0.39, 0.29) is 10.8 Å². The Kier molecular flexibility index (Phi) is 8.35. The van der Waals surface area contributed by atoms with E-state index >= 15 is 0 Å². The third-order valence-corrected chi connectivity index (χ3v) is 15.2. The van der Waals surface area contributed by atoms with Gasteiger partial charge in [0.05, 0.1) is 8.07 Å². The van der Waals surface area contributed by atoms with Crippen molar-refractivity contribution in [3.8, 4) is 0 Å². The maximum Gasteiger partial charge on any atom is 0.181 e. The molecule has 0 aromatic heterocycles. The van der Waals surface area contributed by atoms with E-state index in [9.17, 15) is 0 Å². The molecule has 3 aliphatic carbocycles. The van der Waals surface area contributed by atoms with E-state index in [1.54, 1.807) is 10.8 Å². The average molecular weight is 587 g/mol. The van der Waals surface area contributed by atoms with Crippen molar-refractivity contribution in [2.75, 3.05) is 0 Å². The number of halogens is 1. The lowest BCUT2D eigenvalue weighted by molar-refractivity contribution is 0.590. The molecule has 0 amide bonds. The van der Waals surface area contributed by atoms with Crippen LogP contribution in [0.1, 0.15) is 88.8 Å². The first kappa shape index (κ1) is 31.1. The van der Waals surface area contributed by atoms with Crippen LogP contribution in [0.4, 0.5) is 0 Å². The monoisotopic (exact) mass is 586 g/mol. The predicted octanol–water partition coefficient (Wildman–Crippen LogP) is 9.95. The van der Waals surface area contributed by atoms with E-state index in [2.05, 4.69) is 142 Å². The summed E-state index contributed by atoms with van der Waals surface area (Å²) in [6, 6.07) is 9.69. The van der Waals surface area contributed by atoms with Crippen molar-refractivity contribution in [1.82, 2.24) is 0 Å². The van der Waals surface area contributed by atoms with Crippen LogP contribution in [-0.4, -0.2) is 15.5 Å². The number of allylic oxidation sites excluding steroid dienone is 6. The SMILES string of the molecule is CC1=Cc2cc(C(C)(C)C)cc([Si](C)(C)C3C=CC=C3)c2C1.CC1=Cc2cc(C(C)(C)C)cc([Si](C)(C)Cl)c2C1. The van der Waals surface area contributed by atoms with Gasteiger partial charge in [-0.15, -0.1) is 0 Å². The van der Waals surface area contributed by atoms with Gasteiger partial charge in [-0.05, 0) is 81.6 Å². The zero-order chi connectivity index (χ0) is 29.8. The van der Waals surface area contributed by atoms with E-state index in [1.165, 1.54) is 44.2 Å². The molecule has 0 N–H and O–H groups in total. The Bertz CT molecular complexity index is 1410. The second kappa shape index (κ2) is 10.8. The predicted molar refractivity (Wildman–Crippen MR) is 187 cm³/mol. The topological polar surface area (TPSA) is 0 Å². The number of fused-ring (bicyclic) bond motifs is 2. The van der Waals surface area contributed by atoms with Crippen LogP contribution in [0, 0.1) is 0 Å². The van der Waals surface area contributed by atoms with Crippen molar-refractivity contribution in [3.63, 3.8) is 0 Å². The number of benzene rings is 2. The average Bonchev–Trinajstić information content (AvgIpc) is 3.54. The van der Waals surface area contributed by atoms with Crippen LogP contribution < -0.4 is 10.4 Å². The molecule has 2 aromatic carbocycles. The van der Waals surface area contributed by atoms with Gasteiger partial charge in [0.25, 0.3) is 0 Å². The second-order valence-electron chi connectivity index (χ2n) is 15.5. The lowest BCUT2D eigenvalue weighted by atomic mass is 9.85. The Balaban J connectivity index is 0.000000189. The highest BCUT2D eigenvalue weighted by Gasteiger charge is 2.36. The van der Waals surface area contributed by atoms with Crippen molar-refractivity contribution in [2.24, 2.45) is 0 Å². The van der Waals surface area contributed by atoms with Crippen LogP contribution >= 0.6 is 11.1 Å². The first-order chi connectivity index (χ1) is 18.3. The Morgan fingerprint density at radius 2 is 1.05 bits per heavy atom. The maximum absolute atomic E-state index is 6.73. The standard InChI is InChI=1S/C21H28Si.C16H23ClSi/c1-15-11-16-13-17(21(2,3)4)14-20(19(16)12-15)22(5,6)18-9-7-8-10-18;1-11-7-12-9-13(16(2,3)4)10-15(14(12)8-11)18(5,6)17/h7-11,13-14,18H,12H2,1-6H3;7,9-10H,8H2,1-6H3. The quantitative estimate of drug-likeness (QED) is 0.248. The molecule has 2 aromatic rings. The van der Waals surface area contributed by atoms with Gasteiger partial charge in [0.15, 0.2) is 7.38 Å². The molecule has 0 saturated heterocycles. The molecular formula is C37H51ClSi2. The summed E-state index contributed by atoms with van der Waals surface area (Å²) in [4.78, 5) is 0. The summed E-state index contributed by atoms with van der Waals surface area (Å²) in [5.41, 5.74) is 12.8. The van der Waals surface area contributed by atoms with E-state index < -0.39 is 15.5 Å². The van der Waals surface area contributed by atoms with Gasteiger partial charge in [0.2, 0.25) is 0 Å². The Morgan fingerprint density at radius 3 is 1.45 bits per heavy atom. The molecule has 0 fully saturated rings. The summed E-state index contributed by atoms with van der Waals surface area (Å²) in [5.74, 6) is 0. The minimum absolute atomic E-state index is 0.185. The Labute approximate surface area is 252 Å². The molecule has 214 valence electrons. The lowest BCUT2D eigenvalue weighted by Crippen LogP contribution is -2.47. The van der Waals surface area contributed by atoms with Gasteiger partial charge in [-0.1, -0.05) is 145 Å². The van der Waals surface area contributed by atoms with E-state index in [0.717, 1.165) is 12.8 Å². The minimum atomic E-state index is -1.79. The fraction of sp³-hybridized carbons (Fsp3) is 0.459. The number of hydrogen-bond donors (Lipinski definition) is 0. The second-order valence-corrected chi connectivity index (χ2v) is 26.5. The molecule has 3 heteroatoms. The van der Waals surface area contributed by atoms with E-state index in [1.807, 2.05) is 0 Å². The van der Waals surface area contributed by atoms with Crippen molar-refractivity contribution < 1.29 is 0 Å². The highest BCUT2D eigenvalue weighted by atomic mass is 35.6. The number of hydrogen-bond acceptors (Lipinski definition) is 0. The summed E-state index contributed by atoms with van der Waals surface area (Å²) in [6.45, 7) is 27.8. The van der Waals surface area contributed by atoms with Crippen molar-refractivity contribution in [3.05, 3.63) is 93.1 Å². The van der Waals surface area contributed by atoms with Crippen LogP contribution in [0.15, 0.2) is 59.7 Å². The molecule has 0 unspecified atom stereocenters. The summed E-state index contributed by atoms with van der Waals surface area (Å²) < 4.78 is 0. The van der Waals surface area contributed by atoms with Crippen LogP contribution in [0.3, 0.4) is 0 Å². The third-order valence-electron chi connectivity index (χ3n) is 8.93. The molecular weight excluding hydrogens is 536 g/mol. The summed E-state index contributed by atoms with van der Waals surface area (Å²) in [5, 5.41) is 3.10. The first-order valence-electron chi connectivity index (χ1n) is 15.0. The van der Waals surface area contributed by atoms with Gasteiger partial charge in [-0.25, -0.2) is 0 Å². The lowest BCUT2D eigenvalue weighted by Gasteiger charge is -2.32. The van der Waals surface area contributed by atoms with E-state index in [4.69, 9.17) is 11.1 Å². The van der Waals surface area contributed by atoms with Gasteiger partial charge in [-0.2, -0.15) is 11.1 Å². The van der Waals surface area contributed by atoms with Crippen molar-refractivity contribution in [1.29, 1.82) is 0 Å². The van der Waals surface area contributed by atoms with Gasteiger partial charge >= 0.3 is 0 Å². The molecule has 0 bridgehead atoms. The zero-order valence-corrected chi connectivity index (χ0v) is 29.9. The van der Waals surface area contributed by atoms with Crippen LogP contribution in [0.2, 0.25) is 31.7 Å². The molecule has 3 aliphatic rings. The third kappa shape index (κ3) is 6.45. The van der Waals surface area contributed by atoms with Crippen LogP contribution in [0.5, 0.6) is 0 Å². The van der Waals surface area contributed by atoms with Crippen LogP contribution in [0.25, 0.3) is 12.2 Å². The highest BCUT2D eigenvalue weighted by molar-refractivity contribution is 7.26. The molecule has 0 saturated carbocycles. The van der Waals surface area contributed by atoms with Crippen LogP contribution in [-0.2, 0) is 23.7 Å². The fourth-order valence-electron chi connectivity index (χ4n) is 6.30. The molecule has 0 aliphatic heterocycles. The molecule has 0 spiro atoms. The zero-order valence-electron chi connectivity index (χ0n) is 27.1. The molecule has 0 heterocycles.